The molecule has 1 aromatic carbocycles. The number of ketones is 1. The first-order chi connectivity index (χ1) is 23.6. The SMILES string of the molecule is CCC[C@H](NC(=O)[C@@H]1C[C@]2(CC(c3cc(Cl)c(OC)cc3OC)=NO2)CN1C(=O)[C@@H](NC(=O)CC1CCCCCC1)C(C)(C)C)C(=O)C(N)=O. The summed E-state index contributed by atoms with van der Waals surface area (Å²) in [4.78, 5) is 74.0. The first kappa shape index (κ1) is 38.9. The van der Waals surface area contributed by atoms with Crippen molar-refractivity contribution in [2.75, 3.05) is 20.8 Å². The van der Waals surface area contributed by atoms with E-state index in [0.29, 0.717) is 40.6 Å². The summed E-state index contributed by atoms with van der Waals surface area (Å²) < 4.78 is 10.9. The third-order valence-electron chi connectivity index (χ3n) is 9.93. The molecule has 1 aliphatic carbocycles. The number of amides is 4. The molecule has 2 fully saturated rings. The van der Waals surface area contributed by atoms with Gasteiger partial charge in [-0.05, 0) is 36.7 Å². The topological polar surface area (TPSA) is 179 Å². The van der Waals surface area contributed by atoms with Gasteiger partial charge in [-0.2, -0.15) is 0 Å². The molecule has 1 spiro atoms. The summed E-state index contributed by atoms with van der Waals surface area (Å²) in [6, 6.07) is 0.0703. The lowest BCUT2D eigenvalue weighted by Gasteiger charge is -2.36. The normalized spacial score (nSPS) is 22.2. The molecular formula is C36H52ClN5O8. The molecule has 276 valence electrons. The molecule has 4 rings (SSSR count). The van der Waals surface area contributed by atoms with E-state index in [1.165, 1.54) is 19.1 Å². The van der Waals surface area contributed by atoms with Crippen LogP contribution in [0.15, 0.2) is 17.3 Å². The van der Waals surface area contributed by atoms with Gasteiger partial charge in [0.2, 0.25) is 23.5 Å². The molecule has 4 N–H and O–H groups in total. The number of primary amides is 1. The van der Waals surface area contributed by atoms with Crippen LogP contribution in [0, 0.1) is 11.3 Å². The van der Waals surface area contributed by atoms with E-state index in [1.807, 2.05) is 27.7 Å². The molecule has 4 atom stereocenters. The fourth-order valence-corrected chi connectivity index (χ4v) is 7.46. The molecule has 4 amide bonds. The summed E-state index contributed by atoms with van der Waals surface area (Å²) in [7, 11) is 3.00. The van der Waals surface area contributed by atoms with E-state index in [-0.39, 0.29) is 37.6 Å². The van der Waals surface area contributed by atoms with E-state index in [9.17, 15) is 24.0 Å². The summed E-state index contributed by atoms with van der Waals surface area (Å²) in [5.41, 5.74) is 4.52. The van der Waals surface area contributed by atoms with Crippen LogP contribution in [0.5, 0.6) is 11.5 Å². The van der Waals surface area contributed by atoms with Crippen molar-refractivity contribution >= 4 is 46.7 Å². The molecule has 50 heavy (non-hydrogen) atoms. The number of carbonyl (C=O) groups excluding carboxylic acids is 5. The number of ether oxygens (including phenoxy) is 2. The zero-order chi connectivity index (χ0) is 36.8. The Morgan fingerprint density at radius 1 is 1.06 bits per heavy atom. The van der Waals surface area contributed by atoms with E-state index in [1.54, 1.807) is 12.1 Å². The van der Waals surface area contributed by atoms with Gasteiger partial charge in [0.05, 0.1) is 37.5 Å². The zero-order valence-electron chi connectivity index (χ0n) is 30.1. The van der Waals surface area contributed by atoms with Gasteiger partial charge in [0.15, 0.2) is 5.60 Å². The highest BCUT2D eigenvalue weighted by Crippen LogP contribution is 2.42. The highest BCUT2D eigenvalue weighted by Gasteiger charge is 2.56. The minimum Gasteiger partial charge on any atom is -0.496 e. The van der Waals surface area contributed by atoms with Crippen LogP contribution in [0.1, 0.15) is 104 Å². The van der Waals surface area contributed by atoms with Gasteiger partial charge in [-0.25, -0.2) is 0 Å². The van der Waals surface area contributed by atoms with E-state index in [0.717, 1.165) is 38.5 Å². The van der Waals surface area contributed by atoms with E-state index < -0.39 is 52.6 Å². The van der Waals surface area contributed by atoms with Gasteiger partial charge in [0, 0.05) is 30.9 Å². The molecule has 0 bridgehead atoms. The average molecular weight is 718 g/mol. The lowest BCUT2D eigenvalue weighted by Crippen LogP contribution is -2.59. The van der Waals surface area contributed by atoms with E-state index in [2.05, 4.69) is 15.8 Å². The Labute approximate surface area is 299 Å². The maximum absolute atomic E-state index is 14.6. The molecule has 2 heterocycles. The van der Waals surface area contributed by atoms with Crippen molar-refractivity contribution in [3.8, 4) is 11.5 Å². The van der Waals surface area contributed by atoms with Gasteiger partial charge in [-0.3, -0.25) is 24.0 Å². The third-order valence-corrected chi connectivity index (χ3v) is 10.2. The zero-order valence-corrected chi connectivity index (χ0v) is 30.8. The number of benzene rings is 1. The van der Waals surface area contributed by atoms with Crippen LogP contribution in [0.2, 0.25) is 5.02 Å². The summed E-state index contributed by atoms with van der Waals surface area (Å²) in [5, 5.41) is 10.4. The molecule has 1 aromatic rings. The number of likely N-dealkylation sites (tertiary alicyclic amines) is 1. The highest BCUT2D eigenvalue weighted by molar-refractivity contribution is 6.37. The van der Waals surface area contributed by atoms with Gasteiger partial charge < -0.3 is 35.6 Å². The van der Waals surface area contributed by atoms with Gasteiger partial charge in [-0.1, -0.05) is 76.6 Å². The molecule has 2 aliphatic heterocycles. The predicted octanol–water partition coefficient (Wildman–Crippen LogP) is 4.05. The first-order valence-corrected chi connectivity index (χ1v) is 17.9. The number of halogens is 1. The number of nitrogens with one attached hydrogen (secondary N) is 2. The highest BCUT2D eigenvalue weighted by atomic mass is 35.5. The van der Waals surface area contributed by atoms with Crippen molar-refractivity contribution in [2.45, 2.75) is 122 Å². The van der Waals surface area contributed by atoms with Crippen LogP contribution in [0.3, 0.4) is 0 Å². The number of nitrogens with zero attached hydrogens (tertiary/aromatic N) is 2. The summed E-state index contributed by atoms with van der Waals surface area (Å²) in [6.45, 7) is 7.36. The van der Waals surface area contributed by atoms with Crippen molar-refractivity contribution in [3.63, 3.8) is 0 Å². The maximum atomic E-state index is 14.6. The quantitative estimate of drug-likeness (QED) is 0.202. The van der Waals surface area contributed by atoms with Crippen LogP contribution in [0.25, 0.3) is 0 Å². The Bertz CT molecular complexity index is 1490. The lowest BCUT2D eigenvalue weighted by atomic mass is 9.85. The third kappa shape index (κ3) is 9.07. The fraction of sp³-hybridized carbons (Fsp3) is 0.667. The Morgan fingerprint density at radius 2 is 1.72 bits per heavy atom. The van der Waals surface area contributed by atoms with Crippen LogP contribution in [-0.2, 0) is 28.8 Å². The first-order valence-electron chi connectivity index (χ1n) is 17.5. The molecule has 0 radical (unpaired) electrons. The Kier molecular flexibility index (Phi) is 12.8. The van der Waals surface area contributed by atoms with Crippen LogP contribution in [-0.4, -0.2) is 84.5 Å². The monoisotopic (exact) mass is 717 g/mol. The summed E-state index contributed by atoms with van der Waals surface area (Å²) in [6.07, 6.45) is 7.69. The molecule has 1 saturated heterocycles. The molecule has 0 aromatic heterocycles. The summed E-state index contributed by atoms with van der Waals surface area (Å²) in [5.74, 6) is -2.27. The van der Waals surface area contributed by atoms with E-state index >= 15 is 0 Å². The number of methoxy groups -OCH3 is 2. The summed E-state index contributed by atoms with van der Waals surface area (Å²) >= 11 is 6.45. The average Bonchev–Trinajstić information content (AvgIpc) is 3.56. The van der Waals surface area contributed by atoms with E-state index in [4.69, 9.17) is 31.6 Å². The molecular weight excluding hydrogens is 666 g/mol. The van der Waals surface area contributed by atoms with Crippen molar-refractivity contribution in [3.05, 3.63) is 22.7 Å². The second-order valence-corrected chi connectivity index (χ2v) is 15.3. The van der Waals surface area contributed by atoms with Gasteiger partial charge >= 0.3 is 0 Å². The van der Waals surface area contributed by atoms with Crippen molar-refractivity contribution in [1.82, 2.24) is 15.5 Å². The molecule has 13 nitrogen and oxygen atoms in total. The van der Waals surface area contributed by atoms with Crippen LogP contribution in [0.4, 0.5) is 0 Å². The standard InChI is InChI=1S/C36H52ClN5O8/c1-7-12-24(30(44)32(38)45)39-33(46)26-19-36(18-25(41-50-36)22-16-23(37)28(49-6)17-27(22)48-5)20-42(26)34(47)31(35(2,3)4)40-29(43)15-21-13-10-8-9-11-14-21/h16-17,21,24,26,31H,7-15,18-20H2,1-6H3,(H2,38,45)(H,39,46)(H,40,43)/t24-,26-,31+,36+/m0/s1. The molecule has 0 unspecified atom stereocenters. The Hall–Kier alpha value is -3.87. The predicted molar refractivity (Wildman–Crippen MR) is 188 cm³/mol. The fourth-order valence-electron chi connectivity index (χ4n) is 7.22. The van der Waals surface area contributed by atoms with Crippen molar-refractivity contribution < 1.29 is 38.3 Å². The second-order valence-electron chi connectivity index (χ2n) is 14.9. The number of hydrogen-bond donors (Lipinski definition) is 3. The Balaban J connectivity index is 1.64. The minimum atomic E-state index is -1.16. The lowest BCUT2D eigenvalue weighted by molar-refractivity contribution is -0.145. The number of carbonyl (C=O) groups is 5. The number of rotatable bonds is 13. The Morgan fingerprint density at radius 3 is 2.30 bits per heavy atom. The van der Waals surface area contributed by atoms with Crippen LogP contribution < -0.4 is 25.8 Å². The molecule has 3 aliphatic rings. The number of nitrogens with two attached hydrogens (primary N) is 1. The molecule has 14 heteroatoms. The largest absolute Gasteiger partial charge is 0.496 e. The molecule has 1 saturated carbocycles. The maximum Gasteiger partial charge on any atom is 0.287 e. The van der Waals surface area contributed by atoms with Crippen molar-refractivity contribution in [1.29, 1.82) is 0 Å². The van der Waals surface area contributed by atoms with Gasteiger partial charge in [0.1, 0.15) is 23.6 Å². The number of oxime groups is 1. The smallest absolute Gasteiger partial charge is 0.287 e. The number of Topliss-reactive ketones (excluding diaryl/α,β-unsaturated/α-hetero) is 1. The van der Waals surface area contributed by atoms with Gasteiger partial charge in [0.25, 0.3) is 5.91 Å². The minimum absolute atomic E-state index is 0.0280. The van der Waals surface area contributed by atoms with Crippen molar-refractivity contribution in [2.24, 2.45) is 22.2 Å². The van der Waals surface area contributed by atoms with Gasteiger partial charge in [-0.15, -0.1) is 0 Å². The second kappa shape index (κ2) is 16.4. The number of hydrogen-bond acceptors (Lipinski definition) is 9. The van der Waals surface area contributed by atoms with Crippen LogP contribution >= 0.6 is 11.6 Å².